The number of nitrogens with zero attached hydrogens (tertiary/aromatic N) is 2. The molecule has 0 radical (unpaired) electrons. The first kappa shape index (κ1) is 19.2. The highest BCUT2D eigenvalue weighted by Gasteiger charge is 2.64. The van der Waals surface area contributed by atoms with Gasteiger partial charge in [0.05, 0.1) is 23.2 Å². The highest BCUT2D eigenvalue weighted by atomic mass is 19.1. The molecule has 8 heteroatoms. The van der Waals surface area contributed by atoms with E-state index in [0.29, 0.717) is 11.3 Å². The van der Waals surface area contributed by atoms with Crippen molar-refractivity contribution in [2.75, 3.05) is 24.6 Å². The first-order valence-corrected chi connectivity index (χ1v) is 9.68. The number of aliphatic hydroxyl groups excluding tert-OH is 1. The zero-order valence-corrected chi connectivity index (χ0v) is 16.3. The highest BCUT2D eigenvalue weighted by molar-refractivity contribution is 6.17. The number of amides is 2. The summed E-state index contributed by atoms with van der Waals surface area (Å²) in [5.74, 6) is -2.13. The lowest BCUT2D eigenvalue weighted by atomic mass is 9.84. The van der Waals surface area contributed by atoms with E-state index in [4.69, 9.17) is 4.42 Å². The largest absolute Gasteiger partial charge is 0.450 e. The van der Waals surface area contributed by atoms with Gasteiger partial charge in [-0.15, -0.1) is 6.58 Å². The molecule has 3 aromatic rings. The van der Waals surface area contributed by atoms with E-state index >= 15 is 0 Å². The van der Waals surface area contributed by atoms with Crippen LogP contribution >= 0.6 is 0 Å². The number of β-amino-alcohol motifs (C(OH)–C–C–N with tert-alkyl or cyclic N) is 1. The summed E-state index contributed by atoms with van der Waals surface area (Å²) in [5.41, 5.74) is -1.64. The molecule has 3 heterocycles. The molecule has 5 rings (SSSR count). The Morgan fingerprint density at radius 2 is 1.94 bits per heavy atom. The summed E-state index contributed by atoms with van der Waals surface area (Å²) in [5, 5.41) is 9.61. The number of hydrogen-bond donors (Lipinski definition) is 1. The van der Waals surface area contributed by atoms with Crippen LogP contribution in [0.1, 0.15) is 21.7 Å². The van der Waals surface area contributed by atoms with E-state index in [2.05, 4.69) is 6.58 Å². The van der Waals surface area contributed by atoms with Crippen LogP contribution in [0.5, 0.6) is 0 Å². The molecular weight excluding hydrogens is 403 g/mol. The second kappa shape index (κ2) is 6.61. The van der Waals surface area contributed by atoms with Gasteiger partial charge >= 0.3 is 0 Å². The van der Waals surface area contributed by atoms with Gasteiger partial charge in [-0.3, -0.25) is 14.4 Å². The number of benzene rings is 2. The van der Waals surface area contributed by atoms with E-state index in [1.165, 1.54) is 15.9 Å². The number of carbonyl (C=O) groups excluding carboxylic acids is 2. The van der Waals surface area contributed by atoms with Gasteiger partial charge in [0.15, 0.2) is 11.0 Å². The number of hydrogen-bond acceptors (Lipinski definition) is 5. The third kappa shape index (κ3) is 2.28. The molecule has 0 fully saturated rings. The second-order valence-electron chi connectivity index (χ2n) is 7.39. The quantitative estimate of drug-likeness (QED) is 0.654. The maximum absolute atomic E-state index is 13.9. The van der Waals surface area contributed by atoms with Crippen molar-refractivity contribution in [2.45, 2.75) is 5.54 Å². The van der Waals surface area contributed by atoms with Gasteiger partial charge in [0.2, 0.25) is 5.76 Å². The van der Waals surface area contributed by atoms with Crippen LogP contribution in [-0.4, -0.2) is 41.5 Å². The van der Waals surface area contributed by atoms with Crippen LogP contribution in [0.25, 0.3) is 11.0 Å². The molecule has 31 heavy (non-hydrogen) atoms. The predicted molar refractivity (Wildman–Crippen MR) is 110 cm³/mol. The number of fused-ring (bicyclic) bond motifs is 5. The Morgan fingerprint density at radius 3 is 2.68 bits per heavy atom. The van der Waals surface area contributed by atoms with Crippen LogP contribution in [0.4, 0.5) is 10.1 Å². The third-order valence-electron chi connectivity index (χ3n) is 5.83. The Morgan fingerprint density at radius 1 is 1.16 bits per heavy atom. The van der Waals surface area contributed by atoms with Gasteiger partial charge in [0.1, 0.15) is 11.4 Å². The van der Waals surface area contributed by atoms with Crippen molar-refractivity contribution in [3.8, 4) is 0 Å². The average Bonchev–Trinajstić information content (AvgIpc) is 3.15. The summed E-state index contributed by atoms with van der Waals surface area (Å²) in [6.07, 6.45) is 1.54. The Bertz CT molecular complexity index is 1350. The van der Waals surface area contributed by atoms with Gasteiger partial charge < -0.3 is 19.3 Å². The number of anilines is 1. The number of aliphatic hydroxyl groups is 1. The van der Waals surface area contributed by atoms with Crippen molar-refractivity contribution in [3.63, 3.8) is 0 Å². The van der Waals surface area contributed by atoms with Gasteiger partial charge in [-0.05, 0) is 24.3 Å². The average molecular weight is 420 g/mol. The molecule has 156 valence electrons. The van der Waals surface area contributed by atoms with E-state index < -0.39 is 35.2 Å². The Labute approximate surface area is 175 Å². The monoisotopic (exact) mass is 420 g/mol. The molecule has 1 atom stereocenters. The number of rotatable bonds is 4. The molecule has 1 N–H and O–H groups in total. The smallest absolute Gasteiger partial charge is 0.291 e. The Balaban J connectivity index is 1.94. The lowest BCUT2D eigenvalue weighted by molar-refractivity contribution is -0.126. The van der Waals surface area contributed by atoms with Crippen molar-refractivity contribution in [2.24, 2.45) is 0 Å². The maximum atomic E-state index is 13.9. The second-order valence-corrected chi connectivity index (χ2v) is 7.39. The van der Waals surface area contributed by atoms with Gasteiger partial charge in [-0.25, -0.2) is 4.39 Å². The topological polar surface area (TPSA) is 91.1 Å². The van der Waals surface area contributed by atoms with Crippen LogP contribution in [0.15, 0.2) is 64.3 Å². The molecule has 1 spiro atoms. The van der Waals surface area contributed by atoms with Crippen molar-refractivity contribution < 1.29 is 23.5 Å². The summed E-state index contributed by atoms with van der Waals surface area (Å²) in [6.45, 7) is 3.22. The lowest BCUT2D eigenvalue weighted by Gasteiger charge is -2.33. The van der Waals surface area contributed by atoms with Crippen LogP contribution in [0.2, 0.25) is 0 Å². The fraction of sp³-hybridized carbons (Fsp3) is 0.174. The third-order valence-corrected chi connectivity index (χ3v) is 5.83. The molecule has 0 saturated carbocycles. The Kier molecular flexibility index (Phi) is 4.10. The molecule has 2 aliphatic rings. The summed E-state index contributed by atoms with van der Waals surface area (Å²) in [7, 11) is 0. The molecule has 1 aromatic heterocycles. The minimum absolute atomic E-state index is 0.0428. The highest BCUT2D eigenvalue weighted by Crippen LogP contribution is 2.52. The molecule has 7 nitrogen and oxygen atoms in total. The van der Waals surface area contributed by atoms with Gasteiger partial charge in [-0.1, -0.05) is 24.3 Å². The summed E-state index contributed by atoms with van der Waals surface area (Å²) < 4.78 is 19.7. The first-order valence-electron chi connectivity index (χ1n) is 9.68. The molecule has 0 saturated heterocycles. The SMILES string of the molecule is C=CCN1C(=O)C2(c3ccccc31)c1c(oc3ccc(F)cc3c1=O)C(=O)N2CCO. The van der Waals surface area contributed by atoms with E-state index in [9.17, 15) is 23.9 Å². The fourth-order valence-corrected chi connectivity index (χ4v) is 4.67. The van der Waals surface area contributed by atoms with E-state index in [1.807, 2.05) is 0 Å². The summed E-state index contributed by atoms with van der Waals surface area (Å²) >= 11 is 0. The van der Waals surface area contributed by atoms with Crippen molar-refractivity contribution >= 4 is 28.5 Å². The summed E-state index contributed by atoms with van der Waals surface area (Å²) in [4.78, 5) is 43.4. The molecular formula is C23H17FN2O5. The van der Waals surface area contributed by atoms with E-state index in [-0.39, 0.29) is 35.4 Å². The predicted octanol–water partition coefficient (Wildman–Crippen LogP) is 2.16. The van der Waals surface area contributed by atoms with Crippen LogP contribution < -0.4 is 10.3 Å². The van der Waals surface area contributed by atoms with Crippen LogP contribution in [0, 0.1) is 5.82 Å². The van der Waals surface area contributed by atoms with Crippen LogP contribution in [0.3, 0.4) is 0 Å². The zero-order chi connectivity index (χ0) is 21.9. The molecule has 1 unspecified atom stereocenters. The normalized spacial score (nSPS) is 19.4. The number of carbonyl (C=O) groups is 2. The molecule has 0 bridgehead atoms. The van der Waals surface area contributed by atoms with Gasteiger partial charge in [0.25, 0.3) is 11.8 Å². The first-order chi connectivity index (χ1) is 15.0. The van der Waals surface area contributed by atoms with E-state index in [1.54, 1.807) is 30.3 Å². The van der Waals surface area contributed by atoms with Crippen molar-refractivity contribution in [3.05, 3.63) is 88.0 Å². The molecule has 2 aromatic carbocycles. The Hall–Kier alpha value is -3.78. The summed E-state index contributed by atoms with van der Waals surface area (Å²) in [6, 6.07) is 10.3. The van der Waals surface area contributed by atoms with Crippen molar-refractivity contribution in [1.29, 1.82) is 0 Å². The molecule has 2 aliphatic heterocycles. The van der Waals surface area contributed by atoms with Crippen LogP contribution in [-0.2, 0) is 10.3 Å². The maximum Gasteiger partial charge on any atom is 0.291 e. The van der Waals surface area contributed by atoms with E-state index in [0.717, 1.165) is 12.1 Å². The lowest BCUT2D eigenvalue weighted by Crippen LogP contribution is -2.54. The van der Waals surface area contributed by atoms with Gasteiger partial charge in [0, 0.05) is 18.7 Å². The fourth-order valence-electron chi connectivity index (χ4n) is 4.67. The number of halogens is 1. The minimum atomic E-state index is -1.81. The standard InChI is InChI=1S/C23H17FN2O5/c1-2-9-25-16-6-4-3-5-15(16)23(22(25)30)18-19(28)14-12-13(24)7-8-17(14)31-20(18)21(29)26(23)10-11-27/h2-8,12,27H,1,9-11H2. The van der Waals surface area contributed by atoms with Crippen molar-refractivity contribution in [1.82, 2.24) is 4.90 Å². The number of para-hydroxylation sites is 1. The zero-order valence-electron chi connectivity index (χ0n) is 16.3. The minimum Gasteiger partial charge on any atom is -0.450 e. The molecule has 0 aliphatic carbocycles. The van der Waals surface area contributed by atoms with Gasteiger partial charge in [-0.2, -0.15) is 0 Å². The molecule has 2 amide bonds.